The Hall–Kier alpha value is -3.90. The van der Waals surface area contributed by atoms with Crippen LogP contribution < -0.4 is 13.1 Å². The van der Waals surface area contributed by atoms with E-state index in [-0.39, 0.29) is 0 Å². The quantitative estimate of drug-likeness (QED) is 0.185. The molecule has 0 fully saturated rings. The zero-order valence-electron chi connectivity index (χ0n) is 20.9. The molecule has 0 nitrogen and oxygen atoms in total. The van der Waals surface area contributed by atoms with E-state index in [9.17, 15) is 0 Å². The topological polar surface area (TPSA) is 0 Å². The van der Waals surface area contributed by atoms with Crippen molar-refractivity contribution in [2.24, 2.45) is 0 Å². The number of benzene rings is 6. The molecule has 38 heavy (non-hydrogen) atoms. The van der Waals surface area contributed by atoms with Crippen LogP contribution in [0.25, 0.3) is 33.4 Å². The predicted molar refractivity (Wildman–Crippen MR) is 168 cm³/mol. The van der Waals surface area contributed by atoms with E-state index >= 15 is 0 Å². The van der Waals surface area contributed by atoms with Crippen molar-refractivity contribution in [1.82, 2.24) is 0 Å². The van der Waals surface area contributed by atoms with Crippen molar-refractivity contribution >= 4 is 35.3 Å². The zero-order valence-corrected chi connectivity index (χ0v) is 23.6. The molecule has 0 radical (unpaired) electrons. The first-order valence-electron chi connectivity index (χ1n) is 12.8. The van der Waals surface area contributed by atoms with Crippen molar-refractivity contribution in [1.29, 1.82) is 0 Å². The molecule has 0 aromatic heterocycles. The average molecular weight is 567 g/mol. The van der Waals surface area contributed by atoms with Crippen LogP contribution in [0.3, 0.4) is 0 Å². The molecule has 2 heteroatoms. The molecule has 6 rings (SSSR count). The molecular formula is C36H27AsS. The van der Waals surface area contributed by atoms with Gasteiger partial charge in [0.25, 0.3) is 0 Å². The van der Waals surface area contributed by atoms with Crippen LogP contribution in [0.1, 0.15) is 0 Å². The van der Waals surface area contributed by atoms with Gasteiger partial charge >= 0.3 is 232 Å². The van der Waals surface area contributed by atoms with Gasteiger partial charge in [0.15, 0.2) is 0 Å². The Kier molecular flexibility index (Phi) is 6.97. The molecule has 0 aliphatic rings. The molecule has 0 aliphatic heterocycles. The first-order valence-corrected chi connectivity index (χ1v) is 18.3. The van der Waals surface area contributed by atoms with E-state index in [1.807, 2.05) is 0 Å². The van der Waals surface area contributed by atoms with Gasteiger partial charge in [-0.2, -0.15) is 0 Å². The number of hydrogen-bond acceptors (Lipinski definition) is 1. The molecule has 6 aromatic carbocycles. The molecule has 0 saturated heterocycles. The van der Waals surface area contributed by atoms with Gasteiger partial charge in [0, 0.05) is 0 Å². The van der Waals surface area contributed by atoms with Gasteiger partial charge in [0.05, 0.1) is 0 Å². The predicted octanol–water partition coefficient (Wildman–Crippen LogP) is 7.85. The van der Waals surface area contributed by atoms with E-state index in [0.29, 0.717) is 0 Å². The summed E-state index contributed by atoms with van der Waals surface area (Å²) in [5.41, 5.74) is 7.30. The van der Waals surface area contributed by atoms with Crippen LogP contribution >= 0.6 is 10.4 Å². The summed E-state index contributed by atoms with van der Waals surface area (Å²) in [6.07, 6.45) is 0. The van der Waals surface area contributed by atoms with Gasteiger partial charge in [-0.05, 0) is 0 Å². The molecule has 0 amide bonds. The van der Waals surface area contributed by atoms with Crippen LogP contribution in [-0.4, -0.2) is 11.9 Å². The molecule has 182 valence electrons. The maximum absolute atomic E-state index is 6.75. The Labute approximate surface area is 231 Å². The van der Waals surface area contributed by atoms with Crippen LogP contribution in [0.4, 0.5) is 0 Å². The zero-order chi connectivity index (χ0) is 25.8. The summed E-state index contributed by atoms with van der Waals surface area (Å²) in [7, 11) is 6.75. The van der Waals surface area contributed by atoms with Gasteiger partial charge in [-0.1, -0.05) is 0 Å². The minimum absolute atomic E-state index is 1.21. The van der Waals surface area contributed by atoms with E-state index in [2.05, 4.69) is 164 Å². The van der Waals surface area contributed by atoms with Gasteiger partial charge in [0.2, 0.25) is 0 Å². The number of hydrogen-bond donors (Lipinski definition) is 0. The second-order valence-electron chi connectivity index (χ2n) is 9.35. The Balaban J connectivity index is 1.44. The van der Waals surface area contributed by atoms with Gasteiger partial charge < -0.3 is 0 Å². The van der Waals surface area contributed by atoms with Crippen LogP contribution in [0.15, 0.2) is 164 Å². The Morgan fingerprint density at radius 1 is 0.263 bits per heavy atom. The fraction of sp³-hybridized carbons (Fsp3) is 0. The minimum atomic E-state index is -3.13. The Morgan fingerprint density at radius 3 is 0.711 bits per heavy atom. The molecule has 0 heterocycles. The normalized spacial score (nSPS) is 11.3. The van der Waals surface area contributed by atoms with Crippen molar-refractivity contribution in [2.45, 2.75) is 0 Å². The standard InChI is InChI=1S/C36H27AsS/c38-37(34-22-16-31(17-23-34)28-10-4-1-5-11-28,35-24-18-32(19-25-35)29-12-6-2-7-13-29)36-26-20-33(21-27-36)30-14-8-3-9-15-30/h1-27H. The van der Waals surface area contributed by atoms with Crippen molar-refractivity contribution < 1.29 is 0 Å². The van der Waals surface area contributed by atoms with E-state index in [4.69, 9.17) is 10.4 Å². The Morgan fingerprint density at radius 2 is 0.474 bits per heavy atom. The van der Waals surface area contributed by atoms with Crippen molar-refractivity contribution in [2.75, 3.05) is 0 Å². The van der Waals surface area contributed by atoms with Gasteiger partial charge in [-0.15, -0.1) is 0 Å². The van der Waals surface area contributed by atoms with Crippen molar-refractivity contribution in [3.8, 4) is 33.4 Å². The average Bonchev–Trinajstić information content (AvgIpc) is 3.02. The summed E-state index contributed by atoms with van der Waals surface area (Å²) in [6, 6.07) is 58.5. The SMILES string of the molecule is S=[As](c1ccc(-c2ccccc2)cc1)(c1ccc(-c2ccccc2)cc1)c1ccc(-c2ccccc2)cc1. The third kappa shape index (κ3) is 4.84. The summed E-state index contributed by atoms with van der Waals surface area (Å²) >= 11 is -3.13. The van der Waals surface area contributed by atoms with E-state index in [1.165, 1.54) is 46.4 Å². The number of rotatable bonds is 6. The van der Waals surface area contributed by atoms with Crippen LogP contribution in [0.2, 0.25) is 0 Å². The fourth-order valence-corrected chi connectivity index (χ4v) is 12.3. The molecular weight excluding hydrogens is 539 g/mol. The fourth-order valence-electron chi connectivity index (χ4n) is 4.93. The van der Waals surface area contributed by atoms with Gasteiger partial charge in [-0.3, -0.25) is 0 Å². The molecule has 0 bridgehead atoms. The van der Waals surface area contributed by atoms with Crippen molar-refractivity contribution in [3.05, 3.63) is 164 Å². The van der Waals surface area contributed by atoms with E-state index < -0.39 is 11.9 Å². The summed E-state index contributed by atoms with van der Waals surface area (Å²) in [6.45, 7) is 0. The molecule has 0 atom stereocenters. The summed E-state index contributed by atoms with van der Waals surface area (Å²) in [4.78, 5) is 0. The monoisotopic (exact) mass is 566 g/mol. The van der Waals surface area contributed by atoms with Crippen molar-refractivity contribution in [3.63, 3.8) is 0 Å². The van der Waals surface area contributed by atoms with Gasteiger partial charge in [-0.25, -0.2) is 0 Å². The molecule has 6 aromatic rings. The summed E-state index contributed by atoms with van der Waals surface area (Å²) < 4.78 is 3.79. The molecule has 0 N–H and O–H groups in total. The summed E-state index contributed by atoms with van der Waals surface area (Å²) in [5.74, 6) is 0. The van der Waals surface area contributed by atoms with E-state index in [1.54, 1.807) is 0 Å². The molecule has 0 unspecified atom stereocenters. The summed E-state index contributed by atoms with van der Waals surface area (Å²) in [5, 5.41) is 0. The Bertz CT molecular complexity index is 1470. The first kappa shape index (κ1) is 24.4. The second kappa shape index (κ2) is 10.8. The molecule has 0 spiro atoms. The van der Waals surface area contributed by atoms with Crippen LogP contribution in [0.5, 0.6) is 0 Å². The van der Waals surface area contributed by atoms with Gasteiger partial charge in [0.1, 0.15) is 0 Å². The molecule has 0 saturated carbocycles. The second-order valence-corrected chi connectivity index (χ2v) is 18.0. The van der Waals surface area contributed by atoms with E-state index in [0.717, 1.165) is 0 Å². The first-order chi connectivity index (χ1) is 18.7. The third-order valence-corrected chi connectivity index (χ3v) is 16.8. The van der Waals surface area contributed by atoms with Crippen LogP contribution in [-0.2, 0) is 0 Å². The van der Waals surface area contributed by atoms with Crippen LogP contribution in [0, 0.1) is 0 Å². The molecule has 0 aliphatic carbocycles. The maximum atomic E-state index is 6.75. The third-order valence-electron chi connectivity index (χ3n) is 7.01.